The van der Waals surface area contributed by atoms with Crippen LogP contribution in [0.3, 0.4) is 0 Å². The highest BCUT2D eigenvalue weighted by molar-refractivity contribution is 7.90. The third kappa shape index (κ3) is 3.83. The molecule has 0 N–H and O–H groups in total. The Balaban J connectivity index is 1.90. The Morgan fingerprint density at radius 1 is 1.15 bits per heavy atom. The molecular weight excluding hydrogens is 350 g/mol. The van der Waals surface area contributed by atoms with Crippen LogP contribution in [0.15, 0.2) is 72.1 Å². The van der Waals surface area contributed by atoms with Gasteiger partial charge in [-0.15, -0.1) is 0 Å². The number of amides is 1. The molecule has 7 heteroatoms. The van der Waals surface area contributed by atoms with Gasteiger partial charge in [0.2, 0.25) is 0 Å². The second kappa shape index (κ2) is 7.13. The number of sulfone groups is 1. The van der Waals surface area contributed by atoms with Gasteiger partial charge in [0.25, 0.3) is 5.91 Å². The molecule has 3 aromatic rings. The molecule has 1 aromatic heterocycles. The number of anilines is 1. The highest BCUT2D eigenvalue weighted by Gasteiger charge is 2.20. The predicted octanol–water partition coefficient (Wildman–Crippen LogP) is 2.61. The van der Waals surface area contributed by atoms with Gasteiger partial charge in [-0.1, -0.05) is 24.3 Å². The van der Waals surface area contributed by atoms with Crippen LogP contribution in [0.5, 0.6) is 0 Å². The molecule has 0 aliphatic rings. The van der Waals surface area contributed by atoms with Crippen molar-refractivity contribution in [3.63, 3.8) is 0 Å². The Hall–Kier alpha value is -2.93. The van der Waals surface area contributed by atoms with Gasteiger partial charge in [-0.2, -0.15) is 0 Å². The van der Waals surface area contributed by atoms with E-state index < -0.39 is 9.84 Å². The lowest BCUT2D eigenvalue weighted by Gasteiger charge is -2.20. The fraction of sp³-hybridized carbons (Fsp3) is 0.158. The topological polar surface area (TPSA) is 72.3 Å². The first kappa shape index (κ1) is 17.9. The van der Waals surface area contributed by atoms with Crippen molar-refractivity contribution in [2.45, 2.75) is 11.4 Å². The van der Waals surface area contributed by atoms with Crippen LogP contribution < -0.4 is 4.90 Å². The van der Waals surface area contributed by atoms with Crippen molar-refractivity contribution in [1.29, 1.82) is 0 Å². The number of hydrogen-bond acceptors (Lipinski definition) is 4. The molecule has 1 amide bonds. The van der Waals surface area contributed by atoms with Gasteiger partial charge in [0.05, 0.1) is 16.9 Å². The number of para-hydroxylation sites is 1. The van der Waals surface area contributed by atoms with Crippen molar-refractivity contribution < 1.29 is 13.2 Å². The van der Waals surface area contributed by atoms with Gasteiger partial charge in [-0.3, -0.25) is 4.79 Å². The summed E-state index contributed by atoms with van der Waals surface area (Å²) in [6.45, 7) is 0.602. The highest BCUT2D eigenvalue weighted by Crippen LogP contribution is 2.25. The normalized spacial score (nSPS) is 11.3. The summed E-state index contributed by atoms with van der Waals surface area (Å²) in [4.78, 5) is 18.4. The lowest BCUT2D eigenvalue weighted by atomic mass is 10.1. The fourth-order valence-electron chi connectivity index (χ4n) is 2.74. The van der Waals surface area contributed by atoms with Crippen molar-refractivity contribution in [2.75, 3.05) is 18.2 Å². The summed E-state index contributed by atoms with van der Waals surface area (Å²) in [5.74, 6) is -0.270. The molecule has 0 fully saturated rings. The van der Waals surface area contributed by atoms with E-state index in [9.17, 15) is 13.2 Å². The molecule has 2 aromatic carbocycles. The van der Waals surface area contributed by atoms with Crippen LogP contribution in [0.25, 0.3) is 0 Å². The van der Waals surface area contributed by atoms with Gasteiger partial charge in [-0.25, -0.2) is 13.4 Å². The molecule has 0 saturated heterocycles. The Bertz CT molecular complexity index is 1030. The van der Waals surface area contributed by atoms with Gasteiger partial charge < -0.3 is 9.47 Å². The van der Waals surface area contributed by atoms with E-state index in [1.807, 2.05) is 29.0 Å². The lowest BCUT2D eigenvalue weighted by Crippen LogP contribution is -2.27. The molecule has 0 aliphatic heterocycles. The minimum atomic E-state index is -3.44. The third-order valence-corrected chi connectivity index (χ3v) is 5.17. The first-order chi connectivity index (χ1) is 12.4. The van der Waals surface area contributed by atoms with Crippen molar-refractivity contribution >= 4 is 21.4 Å². The summed E-state index contributed by atoms with van der Waals surface area (Å²) in [7, 11) is -1.86. The summed E-state index contributed by atoms with van der Waals surface area (Å²) in [5, 5.41) is 0. The summed E-state index contributed by atoms with van der Waals surface area (Å²) in [6.07, 6.45) is 6.40. The van der Waals surface area contributed by atoms with E-state index in [-0.39, 0.29) is 10.8 Å². The quantitative estimate of drug-likeness (QED) is 0.693. The summed E-state index contributed by atoms with van der Waals surface area (Å²) >= 11 is 0. The number of rotatable bonds is 5. The Morgan fingerprint density at radius 3 is 2.62 bits per heavy atom. The number of carbonyl (C=O) groups excluding carboxylic acids is 1. The van der Waals surface area contributed by atoms with E-state index in [2.05, 4.69) is 4.98 Å². The first-order valence-corrected chi connectivity index (χ1v) is 9.87. The number of imidazole rings is 1. The molecule has 6 nitrogen and oxygen atoms in total. The van der Waals surface area contributed by atoms with Gasteiger partial charge in [-0.05, 0) is 29.8 Å². The number of nitrogens with zero attached hydrogens (tertiary/aromatic N) is 3. The third-order valence-electron chi connectivity index (χ3n) is 4.03. The molecule has 26 heavy (non-hydrogen) atoms. The molecule has 0 radical (unpaired) electrons. The summed E-state index contributed by atoms with van der Waals surface area (Å²) in [5.41, 5.74) is 1.81. The van der Waals surface area contributed by atoms with Crippen LogP contribution in [0.2, 0.25) is 0 Å². The molecule has 0 aliphatic carbocycles. The Kier molecular flexibility index (Phi) is 4.90. The van der Waals surface area contributed by atoms with E-state index in [0.29, 0.717) is 17.8 Å². The number of benzene rings is 2. The van der Waals surface area contributed by atoms with Crippen LogP contribution >= 0.6 is 0 Å². The molecule has 0 spiro atoms. The van der Waals surface area contributed by atoms with Crippen molar-refractivity contribution in [2.24, 2.45) is 0 Å². The lowest BCUT2D eigenvalue weighted by molar-refractivity contribution is 0.0992. The maximum absolute atomic E-state index is 12.9. The van der Waals surface area contributed by atoms with Crippen LogP contribution in [0.1, 0.15) is 15.9 Å². The maximum Gasteiger partial charge on any atom is 0.258 e. The molecule has 3 rings (SSSR count). The van der Waals surface area contributed by atoms with E-state index in [1.54, 1.807) is 43.8 Å². The van der Waals surface area contributed by atoms with Crippen LogP contribution in [-0.2, 0) is 16.4 Å². The zero-order valence-corrected chi connectivity index (χ0v) is 15.3. The standard InChI is InChI=1S/C19H19N3O3S/c1-21(17-8-3-4-9-18(17)26(2,24)25)19(23)16-7-5-6-15(12-16)13-22-11-10-20-14-22/h3-12,14H,13H2,1-2H3. The molecule has 0 saturated carbocycles. The summed E-state index contributed by atoms with van der Waals surface area (Å²) in [6, 6.07) is 13.8. The van der Waals surface area contributed by atoms with E-state index in [4.69, 9.17) is 0 Å². The maximum atomic E-state index is 12.9. The zero-order valence-electron chi connectivity index (χ0n) is 14.5. The number of aromatic nitrogens is 2. The second-order valence-corrected chi connectivity index (χ2v) is 8.02. The van der Waals surface area contributed by atoms with E-state index in [1.165, 1.54) is 11.0 Å². The van der Waals surface area contributed by atoms with Gasteiger partial charge in [0.1, 0.15) is 0 Å². The van der Waals surface area contributed by atoms with E-state index >= 15 is 0 Å². The molecule has 0 atom stereocenters. The molecule has 0 unspecified atom stereocenters. The average Bonchev–Trinajstić information content (AvgIpc) is 3.13. The minimum absolute atomic E-state index is 0.130. The second-order valence-electron chi connectivity index (χ2n) is 6.04. The smallest absolute Gasteiger partial charge is 0.258 e. The molecular formula is C19H19N3O3S. The monoisotopic (exact) mass is 369 g/mol. The van der Waals surface area contributed by atoms with Crippen molar-refractivity contribution in [3.05, 3.63) is 78.4 Å². The number of hydrogen-bond donors (Lipinski definition) is 0. The molecule has 0 bridgehead atoms. The Morgan fingerprint density at radius 2 is 1.92 bits per heavy atom. The van der Waals surface area contributed by atoms with Gasteiger partial charge in [0, 0.05) is 37.8 Å². The Labute approximate surface area is 152 Å². The predicted molar refractivity (Wildman–Crippen MR) is 100 cm³/mol. The average molecular weight is 369 g/mol. The molecule has 1 heterocycles. The fourth-order valence-corrected chi connectivity index (χ4v) is 3.66. The van der Waals surface area contributed by atoms with Crippen LogP contribution in [-0.4, -0.2) is 37.2 Å². The van der Waals surface area contributed by atoms with E-state index in [0.717, 1.165) is 11.8 Å². The molecule has 134 valence electrons. The van der Waals surface area contributed by atoms with Gasteiger partial charge in [0.15, 0.2) is 9.84 Å². The largest absolute Gasteiger partial charge is 0.333 e. The summed E-state index contributed by atoms with van der Waals surface area (Å²) < 4.78 is 25.9. The SMILES string of the molecule is CN(C(=O)c1cccc(Cn2ccnc2)c1)c1ccccc1S(C)(=O)=O. The van der Waals surface area contributed by atoms with Crippen molar-refractivity contribution in [1.82, 2.24) is 9.55 Å². The minimum Gasteiger partial charge on any atom is -0.333 e. The van der Waals surface area contributed by atoms with Gasteiger partial charge >= 0.3 is 0 Å². The van der Waals surface area contributed by atoms with Crippen LogP contribution in [0.4, 0.5) is 5.69 Å². The zero-order chi connectivity index (χ0) is 18.7. The van der Waals surface area contributed by atoms with Crippen LogP contribution in [0, 0.1) is 0 Å². The highest BCUT2D eigenvalue weighted by atomic mass is 32.2. The van der Waals surface area contributed by atoms with Crippen molar-refractivity contribution in [3.8, 4) is 0 Å². The first-order valence-electron chi connectivity index (χ1n) is 7.98. The number of carbonyl (C=O) groups is 1.